The van der Waals surface area contributed by atoms with Crippen LogP contribution in [0, 0.1) is 5.92 Å². The average molecular weight is 182 g/mol. The molecule has 0 amide bonds. The van der Waals surface area contributed by atoms with Crippen LogP contribution in [0.3, 0.4) is 0 Å². The Morgan fingerprint density at radius 1 is 1.62 bits per heavy atom. The summed E-state index contributed by atoms with van der Waals surface area (Å²) in [6.45, 7) is 6.59. The first-order valence-electron chi connectivity index (χ1n) is 4.69. The highest BCUT2D eigenvalue weighted by molar-refractivity contribution is 5.85. The van der Waals surface area contributed by atoms with Gasteiger partial charge < -0.3 is 10.8 Å². The molecule has 0 fully saturated rings. The SMILES string of the molecule is CC1=NC(O)C(CN)=C(C(C)C)C1. The molecule has 3 nitrogen and oxygen atoms in total. The van der Waals surface area contributed by atoms with E-state index in [4.69, 9.17) is 5.73 Å². The lowest BCUT2D eigenvalue weighted by Gasteiger charge is -2.24. The maximum Gasteiger partial charge on any atom is 0.168 e. The van der Waals surface area contributed by atoms with Gasteiger partial charge in [0.05, 0.1) is 0 Å². The topological polar surface area (TPSA) is 58.6 Å². The third-order valence-corrected chi connectivity index (χ3v) is 2.43. The molecule has 1 heterocycles. The molecular formula is C10H18N2O. The Morgan fingerprint density at radius 2 is 2.23 bits per heavy atom. The van der Waals surface area contributed by atoms with Crippen molar-refractivity contribution >= 4 is 5.71 Å². The van der Waals surface area contributed by atoms with Gasteiger partial charge in [-0.25, -0.2) is 0 Å². The zero-order valence-electron chi connectivity index (χ0n) is 8.54. The summed E-state index contributed by atoms with van der Waals surface area (Å²) >= 11 is 0. The van der Waals surface area contributed by atoms with Crippen molar-refractivity contribution in [3.8, 4) is 0 Å². The summed E-state index contributed by atoms with van der Waals surface area (Å²) in [6, 6.07) is 0. The molecule has 1 rings (SSSR count). The van der Waals surface area contributed by atoms with E-state index in [0.29, 0.717) is 12.5 Å². The van der Waals surface area contributed by atoms with E-state index >= 15 is 0 Å². The largest absolute Gasteiger partial charge is 0.368 e. The number of rotatable bonds is 2. The molecule has 1 aliphatic rings. The minimum atomic E-state index is -0.698. The predicted molar refractivity (Wildman–Crippen MR) is 54.7 cm³/mol. The number of hydrogen-bond donors (Lipinski definition) is 2. The van der Waals surface area contributed by atoms with Gasteiger partial charge in [0.2, 0.25) is 0 Å². The van der Waals surface area contributed by atoms with Crippen LogP contribution in [-0.4, -0.2) is 23.6 Å². The molecule has 0 saturated heterocycles. The second-order valence-corrected chi connectivity index (χ2v) is 3.82. The Labute approximate surface area is 79.4 Å². The van der Waals surface area contributed by atoms with Crippen molar-refractivity contribution < 1.29 is 5.11 Å². The van der Waals surface area contributed by atoms with Crippen molar-refractivity contribution in [2.24, 2.45) is 16.6 Å². The Hall–Kier alpha value is -0.670. The highest BCUT2D eigenvalue weighted by Crippen LogP contribution is 2.25. The normalized spacial score (nSPS) is 23.8. The molecule has 0 saturated carbocycles. The number of aliphatic hydroxyl groups excluding tert-OH is 1. The number of hydrogen-bond acceptors (Lipinski definition) is 3. The summed E-state index contributed by atoms with van der Waals surface area (Å²) in [5, 5.41) is 9.63. The monoisotopic (exact) mass is 182 g/mol. The predicted octanol–water partition coefficient (Wildman–Crippen LogP) is 1.08. The van der Waals surface area contributed by atoms with Crippen LogP contribution in [0.25, 0.3) is 0 Å². The van der Waals surface area contributed by atoms with E-state index in [0.717, 1.165) is 17.7 Å². The molecule has 0 radical (unpaired) electrons. The van der Waals surface area contributed by atoms with Crippen LogP contribution in [0.1, 0.15) is 27.2 Å². The molecule has 0 aliphatic carbocycles. The van der Waals surface area contributed by atoms with E-state index in [1.54, 1.807) is 0 Å². The number of nitrogens with zero attached hydrogens (tertiary/aromatic N) is 1. The first-order chi connectivity index (χ1) is 6.06. The Balaban J connectivity index is 2.97. The number of nitrogens with two attached hydrogens (primary N) is 1. The van der Waals surface area contributed by atoms with Crippen molar-refractivity contribution in [3.63, 3.8) is 0 Å². The van der Waals surface area contributed by atoms with E-state index in [1.165, 1.54) is 5.57 Å². The summed E-state index contributed by atoms with van der Waals surface area (Å²) in [5.41, 5.74) is 8.73. The van der Waals surface area contributed by atoms with Crippen molar-refractivity contribution in [1.82, 2.24) is 0 Å². The molecule has 1 aliphatic heterocycles. The molecule has 13 heavy (non-hydrogen) atoms. The smallest absolute Gasteiger partial charge is 0.168 e. The maximum atomic E-state index is 9.63. The fourth-order valence-electron chi connectivity index (χ4n) is 1.70. The minimum absolute atomic E-state index is 0.408. The maximum absolute atomic E-state index is 9.63. The summed E-state index contributed by atoms with van der Waals surface area (Å²) in [4.78, 5) is 4.10. The first-order valence-corrected chi connectivity index (χ1v) is 4.69. The third kappa shape index (κ3) is 2.17. The average Bonchev–Trinajstić information content (AvgIpc) is 2.02. The Morgan fingerprint density at radius 3 is 2.69 bits per heavy atom. The fraction of sp³-hybridized carbons (Fsp3) is 0.700. The van der Waals surface area contributed by atoms with E-state index in [2.05, 4.69) is 18.8 Å². The molecule has 0 bridgehead atoms. The second kappa shape index (κ2) is 4.03. The number of aliphatic imine (C=N–C) groups is 1. The molecule has 0 aromatic rings. The van der Waals surface area contributed by atoms with Crippen LogP contribution in [0.5, 0.6) is 0 Å². The molecule has 3 heteroatoms. The van der Waals surface area contributed by atoms with Crippen LogP contribution >= 0.6 is 0 Å². The second-order valence-electron chi connectivity index (χ2n) is 3.82. The number of aliphatic hydroxyl groups is 1. The quantitative estimate of drug-likeness (QED) is 0.628. The van der Waals surface area contributed by atoms with Gasteiger partial charge in [0.25, 0.3) is 0 Å². The van der Waals surface area contributed by atoms with Gasteiger partial charge in [-0.3, -0.25) is 4.99 Å². The summed E-state index contributed by atoms with van der Waals surface area (Å²) in [6.07, 6.45) is 0.164. The summed E-state index contributed by atoms with van der Waals surface area (Å²) < 4.78 is 0. The lowest BCUT2D eigenvalue weighted by atomic mass is 9.90. The lowest BCUT2D eigenvalue weighted by molar-refractivity contribution is 0.214. The minimum Gasteiger partial charge on any atom is -0.368 e. The molecule has 1 unspecified atom stereocenters. The molecule has 74 valence electrons. The zero-order valence-corrected chi connectivity index (χ0v) is 8.54. The standard InChI is InChI=1S/C10H18N2O/c1-6(2)8-4-7(3)12-10(13)9(8)5-11/h6,10,13H,4-5,11H2,1-3H3. The third-order valence-electron chi connectivity index (χ3n) is 2.43. The highest BCUT2D eigenvalue weighted by Gasteiger charge is 2.21. The van der Waals surface area contributed by atoms with Crippen LogP contribution in [-0.2, 0) is 0 Å². The van der Waals surface area contributed by atoms with Crippen LogP contribution in [0.15, 0.2) is 16.1 Å². The molecular weight excluding hydrogens is 164 g/mol. The van der Waals surface area contributed by atoms with Gasteiger partial charge in [-0.05, 0) is 18.4 Å². The van der Waals surface area contributed by atoms with Crippen LogP contribution < -0.4 is 5.73 Å². The van der Waals surface area contributed by atoms with E-state index < -0.39 is 6.23 Å². The Kier molecular flexibility index (Phi) is 3.22. The van der Waals surface area contributed by atoms with Gasteiger partial charge in [-0.2, -0.15) is 0 Å². The van der Waals surface area contributed by atoms with Crippen molar-refractivity contribution in [3.05, 3.63) is 11.1 Å². The Bertz CT molecular complexity index is 254. The molecule has 3 N–H and O–H groups in total. The van der Waals surface area contributed by atoms with Gasteiger partial charge in [0, 0.05) is 18.7 Å². The van der Waals surface area contributed by atoms with Gasteiger partial charge in [0.15, 0.2) is 6.23 Å². The summed E-state index contributed by atoms with van der Waals surface area (Å²) in [7, 11) is 0. The highest BCUT2D eigenvalue weighted by atomic mass is 16.3. The van der Waals surface area contributed by atoms with E-state index in [1.807, 2.05) is 6.92 Å². The molecule has 1 atom stereocenters. The van der Waals surface area contributed by atoms with Gasteiger partial charge in [-0.15, -0.1) is 0 Å². The van der Waals surface area contributed by atoms with Crippen LogP contribution in [0.2, 0.25) is 0 Å². The van der Waals surface area contributed by atoms with Crippen molar-refractivity contribution in [1.29, 1.82) is 0 Å². The molecule has 0 spiro atoms. The fourth-order valence-corrected chi connectivity index (χ4v) is 1.70. The van der Waals surface area contributed by atoms with E-state index in [9.17, 15) is 5.11 Å². The molecule has 0 aromatic carbocycles. The van der Waals surface area contributed by atoms with Crippen molar-refractivity contribution in [2.45, 2.75) is 33.4 Å². The number of dihydropyridines is 1. The van der Waals surface area contributed by atoms with Crippen molar-refractivity contribution in [2.75, 3.05) is 6.54 Å². The van der Waals surface area contributed by atoms with E-state index in [-0.39, 0.29) is 0 Å². The van der Waals surface area contributed by atoms with Crippen LogP contribution in [0.4, 0.5) is 0 Å². The zero-order chi connectivity index (χ0) is 10.0. The van der Waals surface area contributed by atoms with Gasteiger partial charge in [0.1, 0.15) is 0 Å². The molecule has 0 aromatic heterocycles. The first kappa shape index (κ1) is 10.4. The van der Waals surface area contributed by atoms with Gasteiger partial charge >= 0.3 is 0 Å². The lowest BCUT2D eigenvalue weighted by Crippen LogP contribution is -2.25. The van der Waals surface area contributed by atoms with Gasteiger partial charge in [-0.1, -0.05) is 19.4 Å². The summed E-state index contributed by atoms with van der Waals surface area (Å²) in [5.74, 6) is 0.443. The number of allylic oxidation sites excluding steroid dienone is 1.